The average Bonchev–Trinajstić information content (AvgIpc) is 2.93. The molecule has 4 rings (SSSR count). The van der Waals surface area contributed by atoms with Crippen LogP contribution in [0.2, 0.25) is 0 Å². The highest BCUT2D eigenvalue weighted by atomic mass is 16.2. The van der Waals surface area contributed by atoms with Gasteiger partial charge in [0.15, 0.2) is 0 Å². The Morgan fingerprint density at radius 2 is 2.04 bits per heavy atom. The van der Waals surface area contributed by atoms with Crippen LogP contribution >= 0.6 is 0 Å². The molecule has 0 aromatic carbocycles. The quantitative estimate of drug-likeness (QED) is 0.819. The summed E-state index contributed by atoms with van der Waals surface area (Å²) in [6.45, 7) is 2.33. The minimum absolute atomic E-state index is 0.0193. The standard InChI is InChI=1S/C19H26N6O/c26-19(18-12-20-8-9-21-18)25-10-6-14(7-11-25)22-13-17-15-4-2-1-3-5-16(15)23-24-17/h8-9,12,14,22H,1-7,10-11,13H2,(H,23,24). The molecule has 7 heteroatoms. The van der Waals surface area contributed by atoms with E-state index in [4.69, 9.17) is 0 Å². The Kier molecular flexibility index (Phi) is 5.24. The number of hydrogen-bond donors (Lipinski definition) is 2. The van der Waals surface area contributed by atoms with Gasteiger partial charge in [-0.2, -0.15) is 5.10 Å². The summed E-state index contributed by atoms with van der Waals surface area (Å²) >= 11 is 0. The van der Waals surface area contributed by atoms with Crippen molar-refractivity contribution in [3.63, 3.8) is 0 Å². The molecule has 138 valence electrons. The number of likely N-dealkylation sites (tertiary alicyclic amines) is 1. The molecule has 2 aromatic rings. The Morgan fingerprint density at radius 3 is 2.85 bits per heavy atom. The summed E-state index contributed by atoms with van der Waals surface area (Å²) in [5.41, 5.74) is 4.38. The number of nitrogens with one attached hydrogen (secondary N) is 2. The van der Waals surface area contributed by atoms with Gasteiger partial charge in [0.2, 0.25) is 0 Å². The molecule has 2 aromatic heterocycles. The fourth-order valence-electron chi connectivity index (χ4n) is 3.97. The molecule has 2 N–H and O–H groups in total. The van der Waals surface area contributed by atoms with Gasteiger partial charge in [0.25, 0.3) is 5.91 Å². The van der Waals surface area contributed by atoms with E-state index in [-0.39, 0.29) is 5.91 Å². The minimum Gasteiger partial charge on any atom is -0.337 e. The Morgan fingerprint density at radius 1 is 1.19 bits per heavy atom. The second kappa shape index (κ2) is 7.95. The van der Waals surface area contributed by atoms with Crippen LogP contribution in [0.5, 0.6) is 0 Å². The van der Waals surface area contributed by atoms with Crippen molar-refractivity contribution in [2.75, 3.05) is 13.1 Å². The topological polar surface area (TPSA) is 86.8 Å². The molecule has 26 heavy (non-hydrogen) atoms. The number of carbonyl (C=O) groups excluding carboxylic acids is 1. The van der Waals surface area contributed by atoms with Crippen LogP contribution in [0.3, 0.4) is 0 Å². The number of aromatic nitrogens is 4. The van der Waals surface area contributed by atoms with E-state index in [9.17, 15) is 4.79 Å². The molecule has 3 heterocycles. The van der Waals surface area contributed by atoms with Gasteiger partial charge in [-0.15, -0.1) is 0 Å². The van der Waals surface area contributed by atoms with E-state index in [1.54, 1.807) is 12.4 Å². The van der Waals surface area contributed by atoms with Gasteiger partial charge in [-0.05, 0) is 44.1 Å². The fraction of sp³-hybridized carbons (Fsp3) is 0.579. The number of rotatable bonds is 4. The summed E-state index contributed by atoms with van der Waals surface area (Å²) in [4.78, 5) is 22.4. The van der Waals surface area contributed by atoms with Crippen molar-refractivity contribution in [1.29, 1.82) is 0 Å². The SMILES string of the molecule is O=C(c1cnccn1)N1CCC(NCc2n[nH]c3c2CCCCC3)CC1. The van der Waals surface area contributed by atoms with Crippen LogP contribution < -0.4 is 5.32 Å². The normalized spacial score (nSPS) is 18.4. The van der Waals surface area contributed by atoms with Crippen molar-refractivity contribution in [3.05, 3.63) is 41.2 Å². The highest BCUT2D eigenvalue weighted by molar-refractivity contribution is 5.92. The third kappa shape index (κ3) is 3.77. The maximum atomic E-state index is 12.4. The molecule has 1 fully saturated rings. The Hall–Kier alpha value is -2.28. The molecule has 1 aliphatic carbocycles. The second-order valence-corrected chi connectivity index (χ2v) is 7.23. The zero-order valence-electron chi connectivity index (χ0n) is 15.1. The van der Waals surface area contributed by atoms with Gasteiger partial charge in [0.1, 0.15) is 5.69 Å². The fourth-order valence-corrected chi connectivity index (χ4v) is 3.97. The number of carbonyl (C=O) groups is 1. The first-order valence-corrected chi connectivity index (χ1v) is 9.65. The van der Waals surface area contributed by atoms with Crippen molar-refractivity contribution >= 4 is 5.91 Å². The lowest BCUT2D eigenvalue weighted by Crippen LogP contribution is -2.45. The minimum atomic E-state index is -0.0193. The molecule has 0 unspecified atom stereocenters. The number of nitrogens with zero attached hydrogens (tertiary/aromatic N) is 4. The first kappa shape index (κ1) is 17.1. The number of hydrogen-bond acceptors (Lipinski definition) is 5. The van der Waals surface area contributed by atoms with Gasteiger partial charge in [-0.1, -0.05) is 6.42 Å². The van der Waals surface area contributed by atoms with Gasteiger partial charge in [-0.3, -0.25) is 14.9 Å². The largest absolute Gasteiger partial charge is 0.337 e. The molecule has 1 amide bonds. The molecular formula is C19H26N6O. The predicted molar refractivity (Wildman–Crippen MR) is 97.6 cm³/mol. The molecule has 0 atom stereocenters. The number of amides is 1. The van der Waals surface area contributed by atoms with Gasteiger partial charge < -0.3 is 10.2 Å². The van der Waals surface area contributed by atoms with Crippen molar-refractivity contribution in [2.45, 2.75) is 57.5 Å². The van der Waals surface area contributed by atoms with Crippen molar-refractivity contribution in [1.82, 2.24) is 30.4 Å². The van der Waals surface area contributed by atoms with Crippen molar-refractivity contribution < 1.29 is 4.79 Å². The summed E-state index contributed by atoms with van der Waals surface area (Å²) < 4.78 is 0. The number of piperidine rings is 1. The highest BCUT2D eigenvalue weighted by Gasteiger charge is 2.25. The summed E-state index contributed by atoms with van der Waals surface area (Å²) in [6, 6.07) is 0.430. The van der Waals surface area contributed by atoms with Crippen LogP contribution in [0.15, 0.2) is 18.6 Å². The third-order valence-corrected chi connectivity index (χ3v) is 5.51. The molecule has 2 aliphatic rings. The Bertz CT molecular complexity index is 736. The average molecular weight is 354 g/mol. The van der Waals surface area contributed by atoms with Gasteiger partial charge in [0.05, 0.1) is 11.9 Å². The number of aromatic amines is 1. The van der Waals surface area contributed by atoms with E-state index < -0.39 is 0 Å². The van der Waals surface area contributed by atoms with Crippen molar-refractivity contribution in [3.8, 4) is 0 Å². The zero-order chi connectivity index (χ0) is 17.8. The lowest BCUT2D eigenvalue weighted by Gasteiger charge is -2.32. The molecule has 0 saturated carbocycles. The van der Waals surface area contributed by atoms with E-state index in [2.05, 4.69) is 25.5 Å². The van der Waals surface area contributed by atoms with E-state index in [0.717, 1.165) is 45.3 Å². The van der Waals surface area contributed by atoms with Crippen LogP contribution in [-0.4, -0.2) is 50.1 Å². The van der Waals surface area contributed by atoms with Crippen LogP contribution in [0.4, 0.5) is 0 Å². The second-order valence-electron chi connectivity index (χ2n) is 7.23. The van der Waals surface area contributed by atoms with E-state index in [0.29, 0.717) is 11.7 Å². The van der Waals surface area contributed by atoms with Crippen LogP contribution in [0, 0.1) is 0 Å². The monoisotopic (exact) mass is 354 g/mol. The van der Waals surface area contributed by atoms with E-state index in [1.165, 1.54) is 42.4 Å². The maximum absolute atomic E-state index is 12.4. The zero-order valence-corrected chi connectivity index (χ0v) is 15.1. The lowest BCUT2D eigenvalue weighted by molar-refractivity contribution is 0.0698. The molecule has 1 aliphatic heterocycles. The predicted octanol–water partition coefficient (Wildman–Crippen LogP) is 1.86. The van der Waals surface area contributed by atoms with Crippen molar-refractivity contribution in [2.24, 2.45) is 0 Å². The first-order chi connectivity index (χ1) is 12.8. The van der Waals surface area contributed by atoms with Crippen LogP contribution in [0.1, 0.15) is 59.5 Å². The summed E-state index contributed by atoms with van der Waals surface area (Å²) in [6.07, 6.45) is 12.7. The molecule has 0 spiro atoms. The number of aryl methyl sites for hydroxylation is 1. The van der Waals surface area contributed by atoms with Gasteiger partial charge >= 0.3 is 0 Å². The Labute approximate surface area is 153 Å². The first-order valence-electron chi connectivity index (χ1n) is 9.65. The molecule has 0 bridgehead atoms. The van der Waals surface area contributed by atoms with Crippen LogP contribution in [-0.2, 0) is 19.4 Å². The smallest absolute Gasteiger partial charge is 0.274 e. The lowest BCUT2D eigenvalue weighted by atomic mass is 10.0. The number of H-pyrrole nitrogens is 1. The van der Waals surface area contributed by atoms with E-state index in [1.807, 2.05) is 4.90 Å². The van der Waals surface area contributed by atoms with E-state index >= 15 is 0 Å². The maximum Gasteiger partial charge on any atom is 0.274 e. The molecule has 0 radical (unpaired) electrons. The molecular weight excluding hydrogens is 328 g/mol. The summed E-state index contributed by atoms with van der Waals surface area (Å²) in [5.74, 6) is -0.0193. The van der Waals surface area contributed by atoms with Crippen LogP contribution in [0.25, 0.3) is 0 Å². The summed E-state index contributed by atoms with van der Waals surface area (Å²) in [5, 5.41) is 11.4. The Balaban J connectivity index is 1.28. The molecule has 7 nitrogen and oxygen atoms in total. The van der Waals surface area contributed by atoms with Gasteiger partial charge in [-0.25, -0.2) is 4.98 Å². The third-order valence-electron chi connectivity index (χ3n) is 5.51. The van der Waals surface area contributed by atoms with Gasteiger partial charge in [0, 0.05) is 43.8 Å². The highest BCUT2D eigenvalue weighted by Crippen LogP contribution is 2.22. The summed E-state index contributed by atoms with van der Waals surface area (Å²) in [7, 11) is 0. The molecule has 1 saturated heterocycles. The number of fused-ring (bicyclic) bond motifs is 1.